The third-order valence-electron chi connectivity index (χ3n) is 4.53. The molecule has 0 unspecified atom stereocenters. The molecule has 4 aromatic rings. The number of anilines is 1. The van der Waals surface area contributed by atoms with Gasteiger partial charge in [-0.25, -0.2) is 4.98 Å². The van der Waals surface area contributed by atoms with Crippen LogP contribution in [0.5, 0.6) is 0 Å². The number of aromatic nitrogens is 1. The van der Waals surface area contributed by atoms with Gasteiger partial charge in [0.05, 0.1) is 16.6 Å². The Kier molecular flexibility index (Phi) is 3.69. The van der Waals surface area contributed by atoms with Crippen molar-refractivity contribution in [1.82, 2.24) is 4.98 Å². The van der Waals surface area contributed by atoms with Gasteiger partial charge in [0.1, 0.15) is 0 Å². The molecule has 0 fully saturated rings. The highest BCUT2D eigenvalue weighted by Crippen LogP contribution is 2.28. The van der Waals surface area contributed by atoms with Crippen LogP contribution >= 0.6 is 0 Å². The average Bonchev–Trinajstić information content (AvgIpc) is 2.62. The van der Waals surface area contributed by atoms with Gasteiger partial charge in [0, 0.05) is 16.5 Å². The summed E-state index contributed by atoms with van der Waals surface area (Å²) in [5.41, 5.74) is 5.30. The first-order valence-corrected chi connectivity index (χ1v) is 8.30. The molecule has 122 valence electrons. The van der Waals surface area contributed by atoms with E-state index in [9.17, 15) is 4.79 Å². The first-order chi connectivity index (χ1) is 12.1. The standard InChI is InChI=1S/C22H18N2O/c1-14-8-7-9-15(2)21(14)24-22(25)20-16-10-3-5-12-18(16)23-19-13-6-4-11-17(19)20/h3-13H,1-2H3,(H,24,25). The summed E-state index contributed by atoms with van der Waals surface area (Å²) < 4.78 is 0. The summed E-state index contributed by atoms with van der Waals surface area (Å²) in [7, 11) is 0. The number of pyridine rings is 1. The summed E-state index contributed by atoms with van der Waals surface area (Å²) in [5, 5.41) is 4.84. The molecule has 0 saturated carbocycles. The lowest BCUT2D eigenvalue weighted by Crippen LogP contribution is -2.15. The molecule has 0 saturated heterocycles. The highest BCUT2D eigenvalue weighted by atomic mass is 16.1. The summed E-state index contributed by atoms with van der Waals surface area (Å²) in [6.45, 7) is 4.01. The van der Waals surface area contributed by atoms with Crippen LogP contribution in [0.25, 0.3) is 21.8 Å². The van der Waals surface area contributed by atoms with Crippen molar-refractivity contribution in [1.29, 1.82) is 0 Å². The smallest absolute Gasteiger partial charge is 0.257 e. The van der Waals surface area contributed by atoms with Crippen LogP contribution in [-0.2, 0) is 0 Å². The molecule has 0 aliphatic heterocycles. The van der Waals surface area contributed by atoms with Gasteiger partial charge < -0.3 is 5.32 Å². The second-order valence-corrected chi connectivity index (χ2v) is 6.24. The Labute approximate surface area is 146 Å². The first-order valence-electron chi connectivity index (χ1n) is 8.30. The second-order valence-electron chi connectivity index (χ2n) is 6.24. The molecule has 0 aliphatic rings. The molecular weight excluding hydrogens is 308 g/mol. The van der Waals surface area contributed by atoms with Gasteiger partial charge in [-0.05, 0) is 37.1 Å². The van der Waals surface area contributed by atoms with Gasteiger partial charge in [0.2, 0.25) is 0 Å². The van der Waals surface area contributed by atoms with Crippen LogP contribution in [0.4, 0.5) is 5.69 Å². The molecular formula is C22H18N2O. The van der Waals surface area contributed by atoms with Gasteiger partial charge in [-0.15, -0.1) is 0 Å². The monoisotopic (exact) mass is 326 g/mol. The third kappa shape index (κ3) is 2.64. The lowest BCUT2D eigenvalue weighted by Gasteiger charge is -2.14. The van der Waals surface area contributed by atoms with Crippen LogP contribution in [0.3, 0.4) is 0 Å². The number of para-hydroxylation sites is 3. The molecule has 1 amide bonds. The van der Waals surface area contributed by atoms with Gasteiger partial charge >= 0.3 is 0 Å². The van der Waals surface area contributed by atoms with E-state index in [4.69, 9.17) is 0 Å². The molecule has 0 bridgehead atoms. The van der Waals surface area contributed by atoms with Crippen molar-refractivity contribution in [2.24, 2.45) is 0 Å². The van der Waals surface area contributed by atoms with E-state index in [0.29, 0.717) is 5.56 Å². The topological polar surface area (TPSA) is 42.0 Å². The molecule has 25 heavy (non-hydrogen) atoms. The summed E-state index contributed by atoms with van der Waals surface area (Å²) in [4.78, 5) is 17.9. The van der Waals surface area contributed by atoms with Crippen LogP contribution < -0.4 is 5.32 Å². The number of aryl methyl sites for hydroxylation is 2. The van der Waals surface area contributed by atoms with Crippen LogP contribution in [0, 0.1) is 13.8 Å². The van der Waals surface area contributed by atoms with Gasteiger partial charge in [0.15, 0.2) is 0 Å². The molecule has 0 spiro atoms. The molecule has 3 aromatic carbocycles. The minimum Gasteiger partial charge on any atom is -0.321 e. The van der Waals surface area contributed by atoms with Crippen molar-refractivity contribution in [3.05, 3.63) is 83.4 Å². The normalized spacial score (nSPS) is 11.0. The predicted molar refractivity (Wildman–Crippen MR) is 103 cm³/mol. The number of carbonyl (C=O) groups is 1. The number of rotatable bonds is 2. The Morgan fingerprint density at radius 2 is 1.28 bits per heavy atom. The Hall–Kier alpha value is -3.20. The molecule has 1 N–H and O–H groups in total. The fourth-order valence-corrected chi connectivity index (χ4v) is 3.27. The van der Waals surface area contributed by atoms with E-state index in [-0.39, 0.29) is 5.91 Å². The Morgan fingerprint density at radius 1 is 0.760 bits per heavy atom. The predicted octanol–water partition coefficient (Wildman–Crippen LogP) is 5.26. The number of nitrogens with one attached hydrogen (secondary N) is 1. The van der Waals surface area contributed by atoms with Crippen molar-refractivity contribution < 1.29 is 4.79 Å². The number of nitrogens with zero attached hydrogens (tertiary/aromatic N) is 1. The zero-order chi connectivity index (χ0) is 17.4. The number of benzene rings is 3. The summed E-state index contributed by atoms with van der Waals surface area (Å²) in [6, 6.07) is 21.6. The summed E-state index contributed by atoms with van der Waals surface area (Å²) in [6.07, 6.45) is 0. The highest BCUT2D eigenvalue weighted by molar-refractivity contribution is 6.20. The lowest BCUT2D eigenvalue weighted by molar-refractivity contribution is 0.102. The fourth-order valence-electron chi connectivity index (χ4n) is 3.27. The average molecular weight is 326 g/mol. The zero-order valence-corrected chi connectivity index (χ0v) is 14.2. The third-order valence-corrected chi connectivity index (χ3v) is 4.53. The highest BCUT2D eigenvalue weighted by Gasteiger charge is 2.17. The number of fused-ring (bicyclic) bond motifs is 2. The van der Waals surface area contributed by atoms with E-state index < -0.39 is 0 Å². The Morgan fingerprint density at radius 3 is 1.84 bits per heavy atom. The van der Waals surface area contributed by atoms with Crippen molar-refractivity contribution in [3.8, 4) is 0 Å². The number of amides is 1. The molecule has 1 aromatic heterocycles. The molecule has 3 nitrogen and oxygen atoms in total. The summed E-state index contributed by atoms with van der Waals surface area (Å²) in [5.74, 6) is -0.104. The minimum atomic E-state index is -0.104. The maximum absolute atomic E-state index is 13.2. The Bertz CT molecular complexity index is 1040. The molecule has 1 heterocycles. The SMILES string of the molecule is Cc1cccc(C)c1NC(=O)c1c2ccccc2nc2ccccc12. The quantitative estimate of drug-likeness (QED) is 0.511. The van der Waals surface area contributed by atoms with Crippen molar-refractivity contribution in [2.45, 2.75) is 13.8 Å². The van der Waals surface area contributed by atoms with Crippen LogP contribution in [0.15, 0.2) is 66.7 Å². The first kappa shape index (κ1) is 15.3. The van der Waals surface area contributed by atoms with Gasteiger partial charge in [-0.1, -0.05) is 54.6 Å². The van der Waals surface area contributed by atoms with E-state index in [1.54, 1.807) is 0 Å². The Balaban J connectivity index is 1.93. The van der Waals surface area contributed by atoms with E-state index in [2.05, 4.69) is 10.3 Å². The fraction of sp³-hybridized carbons (Fsp3) is 0.0909. The lowest BCUT2D eigenvalue weighted by atomic mass is 10.0. The van der Waals surface area contributed by atoms with Crippen molar-refractivity contribution in [2.75, 3.05) is 5.32 Å². The second kappa shape index (κ2) is 6.02. The van der Waals surface area contributed by atoms with E-state index in [1.807, 2.05) is 80.6 Å². The van der Waals surface area contributed by atoms with E-state index >= 15 is 0 Å². The van der Waals surface area contributed by atoms with Crippen molar-refractivity contribution in [3.63, 3.8) is 0 Å². The zero-order valence-electron chi connectivity index (χ0n) is 14.2. The van der Waals surface area contributed by atoms with Gasteiger partial charge in [-0.2, -0.15) is 0 Å². The maximum Gasteiger partial charge on any atom is 0.257 e. The minimum absolute atomic E-state index is 0.104. The molecule has 4 rings (SSSR count). The number of hydrogen-bond acceptors (Lipinski definition) is 2. The van der Waals surface area contributed by atoms with Crippen LogP contribution in [-0.4, -0.2) is 10.9 Å². The number of hydrogen-bond donors (Lipinski definition) is 1. The van der Waals surface area contributed by atoms with E-state index in [1.165, 1.54) is 0 Å². The largest absolute Gasteiger partial charge is 0.321 e. The van der Waals surface area contributed by atoms with E-state index in [0.717, 1.165) is 38.6 Å². The van der Waals surface area contributed by atoms with Crippen molar-refractivity contribution >= 4 is 33.4 Å². The maximum atomic E-state index is 13.2. The molecule has 0 atom stereocenters. The summed E-state index contributed by atoms with van der Waals surface area (Å²) >= 11 is 0. The molecule has 0 radical (unpaired) electrons. The number of carbonyl (C=O) groups excluding carboxylic acids is 1. The molecule has 3 heteroatoms. The van der Waals surface area contributed by atoms with Crippen LogP contribution in [0.1, 0.15) is 21.5 Å². The van der Waals surface area contributed by atoms with Gasteiger partial charge in [-0.3, -0.25) is 4.79 Å². The van der Waals surface area contributed by atoms with Gasteiger partial charge in [0.25, 0.3) is 5.91 Å². The van der Waals surface area contributed by atoms with Crippen LogP contribution in [0.2, 0.25) is 0 Å². The molecule has 0 aliphatic carbocycles.